The predicted octanol–water partition coefficient (Wildman–Crippen LogP) is 2.06. The Labute approximate surface area is 140 Å². The third kappa shape index (κ3) is 4.75. The van der Waals surface area contributed by atoms with Crippen LogP contribution in [0.1, 0.15) is 40.1 Å². The highest BCUT2D eigenvalue weighted by molar-refractivity contribution is 7.13. The molecule has 1 fully saturated rings. The van der Waals surface area contributed by atoms with E-state index in [-0.39, 0.29) is 17.9 Å². The highest BCUT2D eigenvalue weighted by atomic mass is 32.1. The number of carbonyl (C=O) groups excluding carboxylic acids is 2. The average Bonchev–Trinajstić information content (AvgIpc) is 2.95. The Morgan fingerprint density at radius 2 is 2.04 bits per heavy atom. The van der Waals surface area contributed by atoms with Crippen molar-refractivity contribution in [1.29, 1.82) is 0 Å². The van der Waals surface area contributed by atoms with E-state index in [2.05, 4.69) is 9.88 Å². The number of likely N-dealkylation sites (tertiary alicyclic amines) is 1. The molecule has 0 spiro atoms. The van der Waals surface area contributed by atoms with Gasteiger partial charge >= 0.3 is 11.9 Å². The summed E-state index contributed by atoms with van der Waals surface area (Å²) in [6.07, 6.45) is 2.43. The summed E-state index contributed by atoms with van der Waals surface area (Å²) in [5, 5.41) is 0.958. The highest BCUT2D eigenvalue weighted by Gasteiger charge is 2.25. The molecule has 23 heavy (non-hydrogen) atoms. The van der Waals surface area contributed by atoms with Gasteiger partial charge in [0.2, 0.25) is 0 Å². The molecule has 1 aliphatic heterocycles. The van der Waals surface area contributed by atoms with E-state index in [9.17, 15) is 9.59 Å². The first-order valence-electron chi connectivity index (χ1n) is 7.98. The molecule has 0 aliphatic carbocycles. The summed E-state index contributed by atoms with van der Waals surface area (Å²) in [7, 11) is 1.43. The van der Waals surface area contributed by atoms with Gasteiger partial charge < -0.3 is 9.47 Å². The van der Waals surface area contributed by atoms with Gasteiger partial charge in [0.25, 0.3) is 0 Å². The summed E-state index contributed by atoms with van der Waals surface area (Å²) in [6.45, 7) is 6.57. The molecule has 0 aromatic carbocycles. The lowest BCUT2D eigenvalue weighted by molar-refractivity contribution is -0.147. The van der Waals surface area contributed by atoms with Crippen LogP contribution >= 0.6 is 11.3 Å². The number of nitrogens with zero attached hydrogens (tertiary/aromatic N) is 2. The number of aryl methyl sites for hydroxylation is 2. The number of rotatable bonds is 6. The van der Waals surface area contributed by atoms with Crippen molar-refractivity contribution in [2.75, 3.05) is 33.4 Å². The summed E-state index contributed by atoms with van der Waals surface area (Å²) in [6, 6.07) is 0. The first-order chi connectivity index (χ1) is 11.0. The molecule has 1 aromatic heterocycles. The summed E-state index contributed by atoms with van der Waals surface area (Å²) in [4.78, 5) is 30.7. The fourth-order valence-electron chi connectivity index (χ4n) is 2.68. The molecule has 128 valence electrons. The Bertz CT molecular complexity index is 550. The molecule has 1 saturated heterocycles. The van der Waals surface area contributed by atoms with Gasteiger partial charge in [-0.2, -0.15) is 0 Å². The number of esters is 2. The number of thiazole rings is 1. The Balaban J connectivity index is 1.72. The van der Waals surface area contributed by atoms with Crippen molar-refractivity contribution >= 4 is 23.3 Å². The van der Waals surface area contributed by atoms with Gasteiger partial charge in [0.15, 0.2) is 0 Å². The summed E-state index contributed by atoms with van der Waals surface area (Å²) >= 11 is 1.41. The van der Waals surface area contributed by atoms with Gasteiger partial charge in [0, 0.05) is 6.54 Å². The van der Waals surface area contributed by atoms with Crippen LogP contribution in [0.2, 0.25) is 0 Å². The zero-order valence-electron chi connectivity index (χ0n) is 14.0. The van der Waals surface area contributed by atoms with Crippen LogP contribution in [-0.4, -0.2) is 55.2 Å². The van der Waals surface area contributed by atoms with Gasteiger partial charge in [0.05, 0.1) is 23.7 Å². The summed E-state index contributed by atoms with van der Waals surface area (Å²) in [5.74, 6) is -0.404. The molecule has 0 saturated carbocycles. The molecule has 0 N–H and O–H groups in total. The lowest BCUT2D eigenvalue weighted by Crippen LogP contribution is -2.38. The van der Waals surface area contributed by atoms with Gasteiger partial charge in [-0.05, 0) is 39.3 Å². The normalized spacial score (nSPS) is 16.3. The van der Waals surface area contributed by atoms with Crippen molar-refractivity contribution < 1.29 is 19.1 Å². The second-order valence-electron chi connectivity index (χ2n) is 5.65. The Morgan fingerprint density at radius 1 is 1.35 bits per heavy atom. The number of hydrogen-bond acceptors (Lipinski definition) is 7. The number of hydrogen-bond donors (Lipinski definition) is 0. The van der Waals surface area contributed by atoms with Crippen LogP contribution in [0.15, 0.2) is 0 Å². The third-order valence-electron chi connectivity index (χ3n) is 4.09. The molecule has 6 nitrogen and oxygen atoms in total. The number of methoxy groups -OCH3 is 1. The number of aromatic nitrogens is 1. The minimum atomic E-state index is -0.288. The molecular weight excluding hydrogens is 316 g/mol. The number of carbonyl (C=O) groups is 2. The second kappa shape index (κ2) is 8.40. The smallest absolute Gasteiger partial charge is 0.350 e. The van der Waals surface area contributed by atoms with Crippen molar-refractivity contribution in [3.8, 4) is 0 Å². The molecule has 2 heterocycles. The van der Waals surface area contributed by atoms with E-state index in [1.807, 2.05) is 13.8 Å². The monoisotopic (exact) mass is 340 g/mol. The molecule has 0 amide bonds. The van der Waals surface area contributed by atoms with E-state index in [0.29, 0.717) is 18.0 Å². The molecule has 2 rings (SSSR count). The van der Waals surface area contributed by atoms with Crippen LogP contribution in [0.3, 0.4) is 0 Å². The maximum atomic E-state index is 12.1. The van der Waals surface area contributed by atoms with Crippen LogP contribution < -0.4 is 0 Å². The molecule has 0 unspecified atom stereocenters. The Kier molecular flexibility index (Phi) is 6.53. The van der Waals surface area contributed by atoms with Crippen molar-refractivity contribution in [3.05, 3.63) is 15.6 Å². The fraction of sp³-hybridized carbons (Fsp3) is 0.688. The molecule has 0 radical (unpaired) electrons. The predicted molar refractivity (Wildman–Crippen MR) is 87.7 cm³/mol. The Morgan fingerprint density at radius 3 is 2.61 bits per heavy atom. The maximum absolute atomic E-state index is 12.1. The van der Waals surface area contributed by atoms with Gasteiger partial charge in [0.1, 0.15) is 11.5 Å². The Hall–Kier alpha value is -1.47. The van der Waals surface area contributed by atoms with Crippen LogP contribution in [0.4, 0.5) is 0 Å². The van der Waals surface area contributed by atoms with Crippen LogP contribution in [0.5, 0.6) is 0 Å². The lowest BCUT2D eigenvalue weighted by Gasteiger charge is -2.30. The minimum Gasteiger partial charge on any atom is -0.469 e. The van der Waals surface area contributed by atoms with Crippen LogP contribution in [-0.2, 0) is 20.7 Å². The molecule has 0 bridgehead atoms. The zero-order valence-corrected chi connectivity index (χ0v) is 14.8. The molecule has 0 atom stereocenters. The zero-order chi connectivity index (χ0) is 16.8. The molecule has 1 aromatic rings. The average molecular weight is 340 g/mol. The van der Waals surface area contributed by atoms with Gasteiger partial charge in [-0.3, -0.25) is 9.69 Å². The maximum Gasteiger partial charge on any atom is 0.350 e. The molecule has 1 aliphatic rings. The largest absolute Gasteiger partial charge is 0.469 e. The summed E-state index contributed by atoms with van der Waals surface area (Å²) in [5.41, 5.74) is 0.746. The van der Waals surface area contributed by atoms with E-state index < -0.39 is 0 Å². The van der Waals surface area contributed by atoms with Gasteiger partial charge in [-0.1, -0.05) is 6.92 Å². The third-order valence-corrected chi connectivity index (χ3v) is 5.37. The quantitative estimate of drug-likeness (QED) is 0.738. The minimum absolute atomic E-state index is 0.00566. The molecule has 7 heteroatoms. The fourth-order valence-corrected chi connectivity index (χ4v) is 3.58. The molecular formula is C16H24N2O4S. The van der Waals surface area contributed by atoms with Crippen LogP contribution in [0.25, 0.3) is 0 Å². The number of piperidine rings is 1. The van der Waals surface area contributed by atoms with Gasteiger partial charge in [-0.15, -0.1) is 11.3 Å². The first kappa shape index (κ1) is 17.9. The van der Waals surface area contributed by atoms with Crippen molar-refractivity contribution in [2.24, 2.45) is 5.92 Å². The standard InChI is InChI=1S/C16H24N2O4S/c1-4-13-17-11(2)14(23-13)16(20)22-10-9-18-7-5-12(6-8-18)15(19)21-3/h12H,4-10H2,1-3H3. The van der Waals surface area contributed by atoms with E-state index in [1.165, 1.54) is 18.4 Å². The first-order valence-corrected chi connectivity index (χ1v) is 8.80. The van der Waals surface area contributed by atoms with Crippen LogP contribution in [0, 0.1) is 12.8 Å². The van der Waals surface area contributed by atoms with Crippen molar-refractivity contribution in [3.63, 3.8) is 0 Å². The second-order valence-corrected chi connectivity index (χ2v) is 6.73. The number of ether oxygens (including phenoxy) is 2. The highest BCUT2D eigenvalue weighted by Crippen LogP contribution is 2.20. The summed E-state index contributed by atoms with van der Waals surface area (Å²) < 4.78 is 10.1. The van der Waals surface area contributed by atoms with E-state index in [0.717, 1.165) is 43.1 Å². The van der Waals surface area contributed by atoms with Gasteiger partial charge in [-0.25, -0.2) is 9.78 Å². The van der Waals surface area contributed by atoms with E-state index in [4.69, 9.17) is 9.47 Å². The lowest BCUT2D eigenvalue weighted by atomic mass is 9.97. The van der Waals surface area contributed by atoms with E-state index >= 15 is 0 Å². The topological polar surface area (TPSA) is 68.7 Å². The van der Waals surface area contributed by atoms with E-state index in [1.54, 1.807) is 0 Å². The van der Waals surface area contributed by atoms with Crippen molar-refractivity contribution in [1.82, 2.24) is 9.88 Å². The SMILES string of the molecule is CCc1nc(C)c(C(=O)OCCN2CCC(C(=O)OC)CC2)s1. The van der Waals surface area contributed by atoms with Crippen molar-refractivity contribution in [2.45, 2.75) is 33.1 Å².